The van der Waals surface area contributed by atoms with Gasteiger partial charge in [-0.1, -0.05) is 30.3 Å². The first-order valence-electron chi connectivity index (χ1n) is 10.2. The van der Waals surface area contributed by atoms with Crippen LogP contribution >= 0.6 is 0 Å². The number of carbonyl (C=O) groups excluding carboxylic acids is 2. The Labute approximate surface area is 161 Å². The van der Waals surface area contributed by atoms with Gasteiger partial charge in [0.25, 0.3) is 0 Å². The van der Waals surface area contributed by atoms with Crippen LogP contribution in [-0.4, -0.2) is 49.5 Å². The minimum Gasteiger partial charge on any atom is -0.354 e. The molecule has 1 aromatic carbocycles. The molecule has 3 N–H and O–H groups in total. The van der Waals surface area contributed by atoms with E-state index < -0.39 is 0 Å². The highest BCUT2D eigenvalue weighted by atomic mass is 16.2. The minimum absolute atomic E-state index is 0.0412. The fourth-order valence-electron chi connectivity index (χ4n) is 3.73. The van der Waals surface area contributed by atoms with Gasteiger partial charge in [-0.25, -0.2) is 5.01 Å². The predicted molar refractivity (Wildman–Crippen MR) is 106 cm³/mol. The number of nitrogens with one attached hydrogen (secondary N) is 3. The van der Waals surface area contributed by atoms with Gasteiger partial charge in [0, 0.05) is 19.4 Å². The van der Waals surface area contributed by atoms with Crippen molar-refractivity contribution in [3.63, 3.8) is 0 Å². The average molecular weight is 372 g/mol. The van der Waals surface area contributed by atoms with Gasteiger partial charge in [-0.2, -0.15) is 0 Å². The van der Waals surface area contributed by atoms with Crippen molar-refractivity contribution in [3.05, 3.63) is 42.0 Å². The molecule has 0 aliphatic carbocycles. The van der Waals surface area contributed by atoms with Crippen molar-refractivity contribution in [2.45, 2.75) is 38.5 Å². The van der Waals surface area contributed by atoms with E-state index in [0.717, 1.165) is 24.2 Å². The standard InChI is InChI=1S/C21H30N4O2/c26-20(22-13-8-16-24-14-6-1-2-7-15-24)17-25-21(27)12-11-19(23-25)18-9-4-3-5-10-18/h3-5,9-11,23H,1-2,6-8,12-17H2,(H,22,26)/p+1. The van der Waals surface area contributed by atoms with Crippen molar-refractivity contribution in [3.8, 4) is 0 Å². The van der Waals surface area contributed by atoms with E-state index in [-0.39, 0.29) is 18.4 Å². The Morgan fingerprint density at radius 1 is 1.11 bits per heavy atom. The van der Waals surface area contributed by atoms with Gasteiger partial charge in [-0.05, 0) is 37.3 Å². The van der Waals surface area contributed by atoms with Gasteiger partial charge in [0.2, 0.25) is 11.8 Å². The summed E-state index contributed by atoms with van der Waals surface area (Å²) in [5.74, 6) is -0.199. The number of rotatable bonds is 7. The topological polar surface area (TPSA) is 65.9 Å². The van der Waals surface area contributed by atoms with E-state index in [1.807, 2.05) is 36.4 Å². The van der Waals surface area contributed by atoms with Gasteiger partial charge in [-0.15, -0.1) is 0 Å². The molecule has 1 saturated heterocycles. The second kappa shape index (κ2) is 10.1. The normalized spacial score (nSPS) is 18.4. The molecule has 0 unspecified atom stereocenters. The number of hydrazine groups is 1. The number of nitrogens with zero attached hydrogens (tertiary/aromatic N) is 1. The largest absolute Gasteiger partial charge is 0.354 e. The zero-order chi connectivity index (χ0) is 18.9. The summed E-state index contributed by atoms with van der Waals surface area (Å²) >= 11 is 0. The SMILES string of the molecule is O=C(CN1NC(c2ccccc2)=CCC1=O)NCCC[NH+]1CCCCCC1. The van der Waals surface area contributed by atoms with Crippen LogP contribution in [0.15, 0.2) is 36.4 Å². The van der Waals surface area contributed by atoms with Crippen molar-refractivity contribution in [2.75, 3.05) is 32.7 Å². The second-order valence-corrected chi connectivity index (χ2v) is 7.40. The molecule has 1 aromatic rings. The maximum atomic E-state index is 12.2. The van der Waals surface area contributed by atoms with Gasteiger partial charge in [0.15, 0.2) is 0 Å². The molecule has 6 heteroatoms. The third kappa shape index (κ3) is 6.10. The molecule has 2 aliphatic heterocycles. The van der Waals surface area contributed by atoms with Crippen LogP contribution in [0.2, 0.25) is 0 Å². The zero-order valence-corrected chi connectivity index (χ0v) is 16.0. The van der Waals surface area contributed by atoms with Crippen LogP contribution in [0.4, 0.5) is 0 Å². The van der Waals surface area contributed by atoms with Crippen LogP contribution in [0.25, 0.3) is 5.70 Å². The molecular formula is C21H31N4O2+. The predicted octanol–water partition coefficient (Wildman–Crippen LogP) is 0.730. The highest BCUT2D eigenvalue weighted by Gasteiger charge is 2.22. The highest BCUT2D eigenvalue weighted by molar-refractivity contribution is 5.88. The maximum Gasteiger partial charge on any atom is 0.245 e. The summed E-state index contributed by atoms with van der Waals surface area (Å²) in [7, 11) is 0. The lowest BCUT2D eigenvalue weighted by atomic mass is 10.1. The molecule has 1 fully saturated rings. The molecule has 0 atom stereocenters. The molecule has 3 rings (SSSR count). The van der Waals surface area contributed by atoms with Crippen LogP contribution in [0.1, 0.15) is 44.1 Å². The molecular weight excluding hydrogens is 340 g/mol. The fourth-order valence-corrected chi connectivity index (χ4v) is 3.73. The van der Waals surface area contributed by atoms with Crippen LogP contribution in [0.5, 0.6) is 0 Å². The lowest BCUT2D eigenvalue weighted by molar-refractivity contribution is -0.899. The molecule has 2 amide bonds. The van der Waals surface area contributed by atoms with Crippen LogP contribution in [0.3, 0.4) is 0 Å². The fraction of sp³-hybridized carbons (Fsp3) is 0.524. The third-order valence-electron chi connectivity index (χ3n) is 5.26. The summed E-state index contributed by atoms with van der Waals surface area (Å²) in [6.07, 6.45) is 8.52. The molecule has 2 aliphatic rings. The molecule has 0 spiro atoms. The molecule has 2 heterocycles. The van der Waals surface area contributed by atoms with E-state index in [2.05, 4.69) is 10.7 Å². The molecule has 6 nitrogen and oxygen atoms in total. The van der Waals surface area contributed by atoms with Crippen molar-refractivity contribution < 1.29 is 14.5 Å². The highest BCUT2D eigenvalue weighted by Crippen LogP contribution is 2.16. The third-order valence-corrected chi connectivity index (χ3v) is 5.26. The number of carbonyl (C=O) groups is 2. The van der Waals surface area contributed by atoms with E-state index in [4.69, 9.17) is 0 Å². The zero-order valence-electron chi connectivity index (χ0n) is 16.0. The monoisotopic (exact) mass is 371 g/mol. The Morgan fingerprint density at radius 2 is 1.85 bits per heavy atom. The van der Waals surface area contributed by atoms with Gasteiger partial charge in [-0.3, -0.25) is 15.0 Å². The molecule has 0 bridgehead atoms. The van der Waals surface area contributed by atoms with Crippen molar-refractivity contribution >= 4 is 17.5 Å². The Hall–Kier alpha value is -2.34. The van der Waals surface area contributed by atoms with E-state index in [1.165, 1.54) is 43.8 Å². The quantitative estimate of drug-likeness (QED) is 0.619. The Balaban J connectivity index is 1.39. The summed E-state index contributed by atoms with van der Waals surface area (Å²) in [6, 6.07) is 9.84. The molecule has 0 aromatic heterocycles. The lowest BCUT2D eigenvalue weighted by Crippen LogP contribution is -3.11. The van der Waals surface area contributed by atoms with Crippen molar-refractivity contribution in [1.82, 2.24) is 15.8 Å². The van der Waals surface area contributed by atoms with Crippen molar-refractivity contribution in [1.29, 1.82) is 0 Å². The number of benzene rings is 1. The number of amides is 2. The van der Waals surface area contributed by atoms with Crippen LogP contribution in [0, 0.1) is 0 Å². The Morgan fingerprint density at radius 3 is 2.59 bits per heavy atom. The first kappa shape index (κ1) is 19.4. The second-order valence-electron chi connectivity index (χ2n) is 7.40. The molecule has 0 saturated carbocycles. The number of hydrogen-bond acceptors (Lipinski definition) is 3. The summed E-state index contributed by atoms with van der Waals surface area (Å²) in [4.78, 5) is 26.0. The summed E-state index contributed by atoms with van der Waals surface area (Å²) in [5.41, 5.74) is 4.96. The maximum absolute atomic E-state index is 12.2. The van der Waals surface area contributed by atoms with Gasteiger partial charge in [0.05, 0.1) is 25.3 Å². The number of likely N-dealkylation sites (tertiary alicyclic amines) is 1. The van der Waals surface area contributed by atoms with Crippen LogP contribution < -0.4 is 15.6 Å². The lowest BCUT2D eigenvalue weighted by Gasteiger charge is -2.28. The van der Waals surface area contributed by atoms with E-state index >= 15 is 0 Å². The molecule has 0 radical (unpaired) electrons. The average Bonchev–Trinajstić information content (AvgIpc) is 2.96. The molecule has 146 valence electrons. The summed E-state index contributed by atoms with van der Waals surface area (Å²) < 4.78 is 0. The van der Waals surface area contributed by atoms with Gasteiger partial charge in [0.1, 0.15) is 6.54 Å². The summed E-state index contributed by atoms with van der Waals surface area (Å²) in [6.45, 7) is 4.34. The number of hydrogen-bond donors (Lipinski definition) is 3. The van der Waals surface area contributed by atoms with E-state index in [1.54, 1.807) is 4.90 Å². The Kier molecular flexibility index (Phi) is 7.27. The van der Waals surface area contributed by atoms with Gasteiger partial charge < -0.3 is 10.2 Å². The van der Waals surface area contributed by atoms with E-state index in [0.29, 0.717) is 13.0 Å². The first-order valence-corrected chi connectivity index (χ1v) is 10.2. The van der Waals surface area contributed by atoms with E-state index in [9.17, 15) is 9.59 Å². The number of quaternary nitrogens is 1. The Bertz CT molecular complexity index is 651. The summed E-state index contributed by atoms with van der Waals surface area (Å²) in [5, 5.41) is 4.37. The smallest absolute Gasteiger partial charge is 0.245 e. The first-order chi connectivity index (χ1) is 13.2. The van der Waals surface area contributed by atoms with Crippen LogP contribution in [-0.2, 0) is 9.59 Å². The van der Waals surface area contributed by atoms with Crippen molar-refractivity contribution in [2.24, 2.45) is 0 Å². The van der Waals surface area contributed by atoms with Gasteiger partial charge >= 0.3 is 0 Å². The minimum atomic E-state index is -0.115. The molecule has 27 heavy (non-hydrogen) atoms.